The Morgan fingerprint density at radius 3 is 2.47 bits per heavy atom. The molecule has 1 rings (SSSR count). The van der Waals surface area contributed by atoms with Gasteiger partial charge in [0.2, 0.25) is 0 Å². The normalized spacial score (nSPS) is 41.8. The molecule has 90 valence electrons. The molecule has 0 saturated carbocycles. The molecular formula is C8H19N3O4. The summed E-state index contributed by atoms with van der Waals surface area (Å²) in [4.78, 5) is 0. The molecule has 7 heteroatoms. The zero-order valence-corrected chi connectivity index (χ0v) is 8.41. The molecule has 1 fully saturated rings. The first-order valence-electron chi connectivity index (χ1n) is 4.93. The van der Waals surface area contributed by atoms with Crippen LogP contribution in [-0.4, -0.2) is 65.6 Å². The Kier molecular flexibility index (Phi) is 4.87. The third-order valence-electron chi connectivity index (χ3n) is 2.47. The molecule has 0 spiro atoms. The molecule has 7 nitrogen and oxygen atoms in total. The highest BCUT2D eigenvalue weighted by atomic mass is 16.5. The van der Waals surface area contributed by atoms with Gasteiger partial charge in [0.1, 0.15) is 24.5 Å². The van der Waals surface area contributed by atoms with E-state index in [1.54, 1.807) is 0 Å². The van der Waals surface area contributed by atoms with Crippen molar-refractivity contribution in [2.75, 3.05) is 19.7 Å². The second-order valence-electron chi connectivity index (χ2n) is 3.58. The van der Waals surface area contributed by atoms with E-state index in [0.717, 1.165) is 0 Å². The lowest BCUT2D eigenvalue weighted by Gasteiger charge is -2.41. The number of hydrogen-bond acceptors (Lipinski definition) is 7. The first-order valence-corrected chi connectivity index (χ1v) is 4.93. The van der Waals surface area contributed by atoms with Crippen LogP contribution in [0.5, 0.6) is 0 Å². The molecule has 0 aromatic heterocycles. The van der Waals surface area contributed by atoms with Crippen molar-refractivity contribution in [2.24, 2.45) is 11.5 Å². The van der Waals surface area contributed by atoms with Crippen molar-refractivity contribution in [1.29, 1.82) is 0 Å². The molecule has 0 bridgehead atoms. The molecule has 15 heavy (non-hydrogen) atoms. The Morgan fingerprint density at radius 1 is 1.27 bits per heavy atom. The van der Waals surface area contributed by atoms with Gasteiger partial charge < -0.3 is 31.5 Å². The van der Waals surface area contributed by atoms with E-state index >= 15 is 0 Å². The zero-order valence-electron chi connectivity index (χ0n) is 8.41. The summed E-state index contributed by atoms with van der Waals surface area (Å²) in [6.07, 6.45) is -3.72. The molecule has 8 N–H and O–H groups in total. The first-order chi connectivity index (χ1) is 7.11. The van der Waals surface area contributed by atoms with E-state index in [1.165, 1.54) is 0 Å². The monoisotopic (exact) mass is 221 g/mol. The third kappa shape index (κ3) is 2.85. The molecule has 0 amide bonds. The third-order valence-corrected chi connectivity index (χ3v) is 2.47. The van der Waals surface area contributed by atoms with E-state index in [4.69, 9.17) is 21.3 Å². The van der Waals surface area contributed by atoms with Gasteiger partial charge >= 0.3 is 0 Å². The number of aliphatic hydroxyl groups is 3. The van der Waals surface area contributed by atoms with Gasteiger partial charge in [-0.15, -0.1) is 0 Å². The summed E-state index contributed by atoms with van der Waals surface area (Å²) in [5.74, 6) is 0. The Morgan fingerprint density at radius 2 is 1.93 bits per heavy atom. The standard InChI is InChI=1S/C8H19N3O4/c9-1-2-11-8-5(10)7(14)6(13)4(3-12)15-8/h4-8,11-14H,1-3,9-10H2/t4-,5-,6+,7+,8-/m1/s1. The van der Waals surface area contributed by atoms with Crippen molar-refractivity contribution in [3.8, 4) is 0 Å². The van der Waals surface area contributed by atoms with Crippen molar-refractivity contribution in [1.82, 2.24) is 5.32 Å². The number of aliphatic hydroxyl groups excluding tert-OH is 3. The summed E-state index contributed by atoms with van der Waals surface area (Å²) >= 11 is 0. The molecule has 1 saturated heterocycles. The number of nitrogens with one attached hydrogen (secondary N) is 1. The Labute approximate surface area is 88.0 Å². The van der Waals surface area contributed by atoms with Crippen LogP contribution in [0.2, 0.25) is 0 Å². The molecule has 1 aliphatic heterocycles. The van der Waals surface area contributed by atoms with Crippen molar-refractivity contribution in [2.45, 2.75) is 30.6 Å². The summed E-state index contributed by atoms with van der Waals surface area (Å²) in [5.41, 5.74) is 11.0. The first kappa shape index (κ1) is 12.8. The Bertz CT molecular complexity index is 193. The lowest BCUT2D eigenvalue weighted by molar-refractivity contribution is -0.196. The van der Waals surface area contributed by atoms with E-state index in [0.29, 0.717) is 13.1 Å². The highest BCUT2D eigenvalue weighted by molar-refractivity contribution is 4.93. The SMILES string of the molecule is NCCN[C@@H]1O[C@H](CO)[C@H](O)[C@@H](O)[C@H]1N. The molecule has 0 unspecified atom stereocenters. The van der Waals surface area contributed by atoms with Crippen LogP contribution in [0.3, 0.4) is 0 Å². The smallest absolute Gasteiger partial charge is 0.126 e. The molecule has 0 radical (unpaired) electrons. The minimum Gasteiger partial charge on any atom is -0.394 e. The van der Waals surface area contributed by atoms with Crippen LogP contribution in [0.1, 0.15) is 0 Å². The number of rotatable bonds is 4. The lowest BCUT2D eigenvalue weighted by Crippen LogP contribution is -2.65. The fourth-order valence-electron chi connectivity index (χ4n) is 1.55. The predicted octanol–water partition coefficient (Wildman–Crippen LogP) is -3.70. The summed E-state index contributed by atoms with van der Waals surface area (Å²) in [6, 6.07) is -0.741. The van der Waals surface area contributed by atoms with Gasteiger partial charge in [0, 0.05) is 13.1 Å². The zero-order chi connectivity index (χ0) is 11.4. The summed E-state index contributed by atoms with van der Waals surface area (Å²) in [5, 5.41) is 30.9. The lowest BCUT2D eigenvalue weighted by atomic mass is 9.97. The van der Waals surface area contributed by atoms with Gasteiger partial charge in [0.25, 0.3) is 0 Å². The van der Waals surface area contributed by atoms with Crippen molar-refractivity contribution in [3.63, 3.8) is 0 Å². The number of hydrogen-bond donors (Lipinski definition) is 6. The van der Waals surface area contributed by atoms with Gasteiger partial charge in [0.05, 0.1) is 12.6 Å². The van der Waals surface area contributed by atoms with Gasteiger partial charge in [-0.1, -0.05) is 0 Å². The highest BCUT2D eigenvalue weighted by Crippen LogP contribution is 2.17. The molecule has 5 atom stereocenters. The van der Waals surface area contributed by atoms with Gasteiger partial charge in [-0.2, -0.15) is 0 Å². The second-order valence-corrected chi connectivity index (χ2v) is 3.58. The van der Waals surface area contributed by atoms with Crippen LogP contribution in [0.4, 0.5) is 0 Å². The van der Waals surface area contributed by atoms with E-state index in [9.17, 15) is 10.2 Å². The van der Waals surface area contributed by atoms with Crippen LogP contribution in [-0.2, 0) is 4.74 Å². The van der Waals surface area contributed by atoms with Gasteiger partial charge in [-0.25, -0.2) is 0 Å². The molecule has 0 aromatic carbocycles. The van der Waals surface area contributed by atoms with Crippen molar-refractivity contribution >= 4 is 0 Å². The maximum atomic E-state index is 9.58. The second kappa shape index (κ2) is 5.71. The van der Waals surface area contributed by atoms with Crippen LogP contribution in [0.25, 0.3) is 0 Å². The fraction of sp³-hybridized carbons (Fsp3) is 1.00. The topological polar surface area (TPSA) is 134 Å². The van der Waals surface area contributed by atoms with Crippen LogP contribution >= 0.6 is 0 Å². The van der Waals surface area contributed by atoms with E-state index in [1.807, 2.05) is 0 Å². The predicted molar refractivity (Wildman–Crippen MR) is 52.8 cm³/mol. The van der Waals surface area contributed by atoms with E-state index < -0.39 is 30.6 Å². The average Bonchev–Trinajstić information content (AvgIpc) is 2.25. The summed E-state index contributed by atoms with van der Waals surface area (Å²) in [7, 11) is 0. The molecule has 0 aliphatic carbocycles. The van der Waals surface area contributed by atoms with E-state index in [-0.39, 0.29) is 6.61 Å². The van der Waals surface area contributed by atoms with Crippen molar-refractivity contribution in [3.05, 3.63) is 0 Å². The fourth-order valence-corrected chi connectivity index (χ4v) is 1.55. The van der Waals surface area contributed by atoms with Crippen LogP contribution in [0.15, 0.2) is 0 Å². The molecule has 1 heterocycles. The maximum absolute atomic E-state index is 9.58. The van der Waals surface area contributed by atoms with Gasteiger partial charge in [0.15, 0.2) is 0 Å². The van der Waals surface area contributed by atoms with Gasteiger partial charge in [-0.05, 0) is 0 Å². The average molecular weight is 221 g/mol. The van der Waals surface area contributed by atoms with Crippen molar-refractivity contribution < 1.29 is 20.1 Å². The quantitative estimate of drug-likeness (QED) is 0.288. The minimum atomic E-state index is -1.17. The Balaban J connectivity index is 2.57. The number of nitrogens with two attached hydrogens (primary N) is 2. The largest absolute Gasteiger partial charge is 0.394 e. The van der Waals surface area contributed by atoms with Crippen LogP contribution in [0, 0.1) is 0 Å². The number of ether oxygens (including phenoxy) is 1. The molecular weight excluding hydrogens is 202 g/mol. The maximum Gasteiger partial charge on any atom is 0.126 e. The highest BCUT2D eigenvalue weighted by Gasteiger charge is 2.41. The molecule has 0 aromatic rings. The Hall–Kier alpha value is -0.280. The van der Waals surface area contributed by atoms with Gasteiger partial charge in [-0.3, -0.25) is 5.32 Å². The summed E-state index contributed by atoms with van der Waals surface area (Å²) in [6.45, 7) is 0.528. The molecule has 1 aliphatic rings. The van der Waals surface area contributed by atoms with Crippen LogP contribution < -0.4 is 16.8 Å². The summed E-state index contributed by atoms with van der Waals surface area (Å²) < 4.78 is 5.28. The minimum absolute atomic E-state index is 0.369. The van der Waals surface area contributed by atoms with E-state index in [2.05, 4.69) is 5.32 Å².